The van der Waals surface area contributed by atoms with Gasteiger partial charge in [0, 0.05) is 0 Å². The van der Waals surface area contributed by atoms with Crippen molar-refractivity contribution in [3.63, 3.8) is 0 Å². The van der Waals surface area contributed by atoms with Gasteiger partial charge in [-0.2, -0.15) is 0 Å². The number of nitro groups is 1. The topological polar surface area (TPSA) is 55.2 Å². The standard InChI is InChI=1S/C12H7Cl3N2O2/c13-7-3-1-4-8(14)11(7)16-10-6-2-5-9(15)12(10)17(18)19/h1-6,16H. The summed E-state index contributed by atoms with van der Waals surface area (Å²) >= 11 is 17.8. The minimum absolute atomic E-state index is 0.0400. The predicted octanol–water partition coefficient (Wildman–Crippen LogP) is 5.30. The number of hydrogen-bond donors (Lipinski definition) is 1. The molecule has 2 aromatic carbocycles. The average Bonchev–Trinajstić information content (AvgIpc) is 2.33. The monoisotopic (exact) mass is 316 g/mol. The second-order valence-electron chi connectivity index (χ2n) is 3.61. The molecule has 0 saturated heterocycles. The Balaban J connectivity index is 2.50. The van der Waals surface area contributed by atoms with Gasteiger partial charge in [0.05, 0.1) is 20.7 Å². The number of nitrogens with zero attached hydrogens (tertiary/aromatic N) is 1. The zero-order valence-electron chi connectivity index (χ0n) is 9.36. The number of benzene rings is 2. The molecule has 19 heavy (non-hydrogen) atoms. The summed E-state index contributed by atoms with van der Waals surface area (Å²) in [6, 6.07) is 9.52. The molecule has 0 atom stereocenters. The maximum Gasteiger partial charge on any atom is 0.311 e. The summed E-state index contributed by atoms with van der Waals surface area (Å²) in [5, 5.41) is 14.6. The third-order valence-corrected chi connectivity index (χ3v) is 3.33. The molecule has 2 aromatic rings. The van der Waals surface area contributed by atoms with Crippen molar-refractivity contribution in [1.29, 1.82) is 0 Å². The molecule has 0 aliphatic heterocycles. The molecule has 0 spiro atoms. The Kier molecular flexibility index (Phi) is 4.14. The summed E-state index contributed by atoms with van der Waals surface area (Å²) in [5.41, 5.74) is 0.406. The summed E-state index contributed by atoms with van der Waals surface area (Å²) in [6.07, 6.45) is 0. The van der Waals surface area contributed by atoms with E-state index >= 15 is 0 Å². The highest BCUT2D eigenvalue weighted by Gasteiger charge is 2.19. The van der Waals surface area contributed by atoms with Gasteiger partial charge in [-0.1, -0.05) is 46.9 Å². The third-order valence-electron chi connectivity index (χ3n) is 2.39. The highest BCUT2D eigenvalue weighted by atomic mass is 35.5. The van der Waals surface area contributed by atoms with Gasteiger partial charge >= 0.3 is 5.69 Å². The van der Waals surface area contributed by atoms with Crippen LogP contribution in [0.3, 0.4) is 0 Å². The lowest BCUT2D eigenvalue weighted by atomic mass is 10.2. The van der Waals surface area contributed by atoms with E-state index in [0.717, 1.165) is 0 Å². The Labute approximate surface area is 124 Å². The fraction of sp³-hybridized carbons (Fsp3) is 0. The van der Waals surface area contributed by atoms with Crippen LogP contribution in [0, 0.1) is 10.1 Å². The fourth-order valence-electron chi connectivity index (χ4n) is 1.55. The summed E-state index contributed by atoms with van der Waals surface area (Å²) in [7, 11) is 0. The van der Waals surface area contributed by atoms with Crippen LogP contribution in [0.5, 0.6) is 0 Å². The van der Waals surface area contributed by atoms with Crippen molar-refractivity contribution in [2.45, 2.75) is 0 Å². The highest BCUT2D eigenvalue weighted by Crippen LogP contribution is 2.38. The largest absolute Gasteiger partial charge is 0.347 e. The van der Waals surface area contributed by atoms with Gasteiger partial charge in [-0.3, -0.25) is 10.1 Å². The number of rotatable bonds is 3. The molecule has 7 heteroatoms. The van der Waals surface area contributed by atoms with Crippen molar-refractivity contribution in [3.05, 3.63) is 61.6 Å². The molecule has 1 N–H and O–H groups in total. The summed E-state index contributed by atoms with van der Waals surface area (Å²) < 4.78 is 0. The van der Waals surface area contributed by atoms with E-state index in [1.54, 1.807) is 24.3 Å². The molecule has 0 radical (unpaired) electrons. The molecular weight excluding hydrogens is 311 g/mol. The quantitative estimate of drug-likeness (QED) is 0.617. The molecular formula is C12H7Cl3N2O2. The van der Waals surface area contributed by atoms with Gasteiger partial charge in [-0.15, -0.1) is 0 Å². The molecule has 0 aromatic heterocycles. The van der Waals surface area contributed by atoms with Gasteiger partial charge in [-0.25, -0.2) is 0 Å². The molecule has 0 bridgehead atoms. The smallest absolute Gasteiger partial charge is 0.311 e. The van der Waals surface area contributed by atoms with Crippen LogP contribution >= 0.6 is 34.8 Å². The van der Waals surface area contributed by atoms with Crippen molar-refractivity contribution in [2.24, 2.45) is 0 Å². The molecule has 0 saturated carbocycles. The molecule has 4 nitrogen and oxygen atoms in total. The van der Waals surface area contributed by atoms with Crippen LogP contribution in [-0.2, 0) is 0 Å². The van der Waals surface area contributed by atoms with Crippen molar-refractivity contribution in [2.75, 3.05) is 5.32 Å². The predicted molar refractivity (Wildman–Crippen MR) is 77.9 cm³/mol. The first kappa shape index (κ1) is 13.9. The Morgan fingerprint density at radius 1 is 0.947 bits per heavy atom. The van der Waals surface area contributed by atoms with Crippen molar-refractivity contribution >= 4 is 51.9 Å². The Bertz CT molecular complexity index is 627. The molecule has 0 unspecified atom stereocenters. The number of hydrogen-bond acceptors (Lipinski definition) is 3. The van der Waals surface area contributed by atoms with Crippen LogP contribution in [0.2, 0.25) is 15.1 Å². The highest BCUT2D eigenvalue weighted by molar-refractivity contribution is 6.39. The van der Waals surface area contributed by atoms with Crippen molar-refractivity contribution in [3.8, 4) is 0 Å². The van der Waals surface area contributed by atoms with Crippen LogP contribution in [0.25, 0.3) is 0 Å². The Morgan fingerprint density at radius 3 is 2.05 bits per heavy atom. The van der Waals surface area contributed by atoms with Gasteiger partial charge in [-0.05, 0) is 24.3 Å². The SMILES string of the molecule is O=[N+]([O-])c1c(Cl)cccc1Nc1c(Cl)cccc1Cl. The van der Waals surface area contributed by atoms with Crippen LogP contribution in [0.1, 0.15) is 0 Å². The van der Waals surface area contributed by atoms with Gasteiger partial charge in [0.2, 0.25) is 0 Å². The van der Waals surface area contributed by atoms with E-state index in [1.807, 2.05) is 0 Å². The van der Waals surface area contributed by atoms with Gasteiger partial charge in [0.15, 0.2) is 0 Å². The lowest BCUT2D eigenvalue weighted by Crippen LogP contribution is -1.98. The molecule has 0 fully saturated rings. The number of halogens is 3. The second kappa shape index (κ2) is 5.65. The van der Waals surface area contributed by atoms with E-state index in [-0.39, 0.29) is 16.4 Å². The first-order valence-electron chi connectivity index (χ1n) is 5.14. The minimum atomic E-state index is -0.560. The third kappa shape index (κ3) is 2.92. The van der Waals surface area contributed by atoms with Crippen LogP contribution in [-0.4, -0.2) is 4.92 Å². The van der Waals surface area contributed by atoms with E-state index in [0.29, 0.717) is 15.7 Å². The van der Waals surface area contributed by atoms with Gasteiger partial charge in [0.1, 0.15) is 10.7 Å². The normalized spacial score (nSPS) is 10.3. The van der Waals surface area contributed by atoms with E-state index < -0.39 is 4.92 Å². The first-order chi connectivity index (χ1) is 9.00. The Hall–Kier alpha value is -1.49. The number of nitrogens with one attached hydrogen (secondary N) is 1. The number of nitro benzene ring substituents is 1. The zero-order chi connectivity index (χ0) is 14.0. The van der Waals surface area contributed by atoms with E-state index in [2.05, 4.69) is 5.32 Å². The Morgan fingerprint density at radius 2 is 1.47 bits per heavy atom. The fourth-order valence-corrected chi connectivity index (χ4v) is 2.29. The summed E-state index contributed by atoms with van der Waals surface area (Å²) in [4.78, 5) is 10.5. The number of anilines is 2. The van der Waals surface area contributed by atoms with Crippen LogP contribution < -0.4 is 5.32 Å². The minimum Gasteiger partial charge on any atom is -0.347 e. The molecule has 2 rings (SSSR count). The molecule has 0 aliphatic carbocycles. The first-order valence-corrected chi connectivity index (χ1v) is 6.28. The number of para-hydroxylation sites is 2. The molecule has 0 aliphatic rings. The second-order valence-corrected chi connectivity index (χ2v) is 4.84. The lowest BCUT2D eigenvalue weighted by molar-refractivity contribution is -0.383. The van der Waals surface area contributed by atoms with E-state index in [9.17, 15) is 10.1 Å². The van der Waals surface area contributed by atoms with E-state index in [1.165, 1.54) is 12.1 Å². The maximum atomic E-state index is 11.0. The average molecular weight is 318 g/mol. The summed E-state index contributed by atoms with van der Waals surface area (Å²) in [5.74, 6) is 0. The zero-order valence-corrected chi connectivity index (χ0v) is 11.6. The lowest BCUT2D eigenvalue weighted by Gasteiger charge is -2.11. The maximum absolute atomic E-state index is 11.0. The van der Waals surface area contributed by atoms with Gasteiger partial charge < -0.3 is 5.32 Å². The van der Waals surface area contributed by atoms with Crippen LogP contribution in [0.15, 0.2) is 36.4 Å². The molecule has 98 valence electrons. The van der Waals surface area contributed by atoms with Crippen LogP contribution in [0.4, 0.5) is 17.1 Å². The molecule has 0 amide bonds. The molecule has 0 heterocycles. The van der Waals surface area contributed by atoms with E-state index in [4.69, 9.17) is 34.8 Å². The van der Waals surface area contributed by atoms with Crippen molar-refractivity contribution < 1.29 is 4.92 Å². The van der Waals surface area contributed by atoms with Crippen molar-refractivity contribution in [1.82, 2.24) is 0 Å². The summed E-state index contributed by atoms with van der Waals surface area (Å²) in [6.45, 7) is 0. The van der Waals surface area contributed by atoms with Gasteiger partial charge in [0.25, 0.3) is 0 Å².